The van der Waals surface area contributed by atoms with Crippen LogP contribution in [0.15, 0.2) is 5.10 Å². The first kappa shape index (κ1) is 7.71. The summed E-state index contributed by atoms with van der Waals surface area (Å²) in [6.45, 7) is 1.07. The molecular formula is C8H16N4. The highest BCUT2D eigenvalue weighted by atomic mass is 15.3. The Hall–Kier alpha value is -0.930. The summed E-state index contributed by atoms with van der Waals surface area (Å²) in [6.07, 6.45) is 5.25. The van der Waals surface area contributed by atoms with Crippen LogP contribution in [0.4, 0.5) is 0 Å². The quantitative estimate of drug-likeness (QED) is 0.232. The van der Waals surface area contributed by atoms with Gasteiger partial charge in [-0.25, -0.2) is 0 Å². The second-order valence-corrected chi connectivity index (χ2v) is 3.81. The van der Waals surface area contributed by atoms with Gasteiger partial charge in [0.25, 0.3) is 0 Å². The maximum atomic E-state index is 5.69. The zero-order chi connectivity index (χ0) is 8.55. The summed E-state index contributed by atoms with van der Waals surface area (Å²) in [5.74, 6) is 6.50. The van der Waals surface area contributed by atoms with Gasteiger partial charge in [0.15, 0.2) is 0 Å². The molecule has 2 bridgehead atoms. The SMILES string of the molecule is N/N=C(\N)N1CC2CCC1CC2. The van der Waals surface area contributed by atoms with E-state index in [-0.39, 0.29) is 0 Å². The van der Waals surface area contributed by atoms with Gasteiger partial charge in [0.1, 0.15) is 0 Å². The molecule has 0 radical (unpaired) electrons. The fourth-order valence-corrected chi connectivity index (χ4v) is 2.42. The number of hydrogen-bond donors (Lipinski definition) is 2. The molecule has 4 heteroatoms. The van der Waals surface area contributed by atoms with Crippen molar-refractivity contribution in [2.24, 2.45) is 22.6 Å². The molecule has 0 spiro atoms. The monoisotopic (exact) mass is 168 g/mol. The smallest absolute Gasteiger partial charge is 0.213 e. The predicted octanol–water partition coefficient (Wildman–Crippen LogP) is 0.0492. The van der Waals surface area contributed by atoms with E-state index in [1.807, 2.05) is 0 Å². The molecule has 4 nitrogen and oxygen atoms in total. The standard InChI is InChI=1S/C8H16N4/c9-8(11-10)12-5-6-1-3-7(12)4-2-6/h6-7H,1-5,10H2,(H2,9,11). The van der Waals surface area contributed by atoms with Gasteiger partial charge in [-0.3, -0.25) is 0 Å². The average Bonchev–Trinajstić information content (AvgIpc) is 2.18. The molecule has 0 atom stereocenters. The molecule has 4 N–H and O–H groups in total. The largest absolute Gasteiger partial charge is 0.368 e. The van der Waals surface area contributed by atoms with Crippen LogP contribution in [0.1, 0.15) is 25.7 Å². The van der Waals surface area contributed by atoms with Gasteiger partial charge in [0, 0.05) is 12.6 Å². The average molecular weight is 168 g/mol. The lowest BCUT2D eigenvalue weighted by atomic mass is 9.80. The lowest BCUT2D eigenvalue weighted by molar-refractivity contribution is 0.108. The molecule has 68 valence electrons. The minimum absolute atomic E-state index is 0.518. The van der Waals surface area contributed by atoms with Gasteiger partial charge < -0.3 is 16.5 Å². The molecule has 0 unspecified atom stereocenters. The van der Waals surface area contributed by atoms with Gasteiger partial charge in [-0.05, 0) is 31.6 Å². The Labute approximate surface area is 72.6 Å². The third-order valence-electron chi connectivity index (χ3n) is 3.14. The molecule has 12 heavy (non-hydrogen) atoms. The first-order valence-electron chi connectivity index (χ1n) is 4.61. The Morgan fingerprint density at radius 1 is 1.25 bits per heavy atom. The van der Waals surface area contributed by atoms with Crippen molar-refractivity contribution in [1.29, 1.82) is 0 Å². The molecule has 0 amide bonds. The van der Waals surface area contributed by atoms with Gasteiger partial charge in [-0.1, -0.05) is 0 Å². The summed E-state index contributed by atoms with van der Waals surface area (Å²) in [5, 5.41) is 3.55. The van der Waals surface area contributed by atoms with E-state index in [1.54, 1.807) is 0 Å². The van der Waals surface area contributed by atoms with E-state index in [2.05, 4.69) is 10.0 Å². The van der Waals surface area contributed by atoms with Gasteiger partial charge in [0.05, 0.1) is 0 Å². The topological polar surface area (TPSA) is 67.6 Å². The van der Waals surface area contributed by atoms with E-state index in [4.69, 9.17) is 11.6 Å². The van der Waals surface area contributed by atoms with Gasteiger partial charge in [0.2, 0.25) is 5.96 Å². The minimum Gasteiger partial charge on any atom is -0.368 e. The van der Waals surface area contributed by atoms with Crippen LogP contribution in [-0.2, 0) is 0 Å². The van der Waals surface area contributed by atoms with Crippen LogP contribution >= 0.6 is 0 Å². The molecule has 0 aromatic carbocycles. The molecule has 2 saturated heterocycles. The Kier molecular flexibility index (Phi) is 1.83. The summed E-state index contributed by atoms with van der Waals surface area (Å²) in [6, 6.07) is 0.613. The van der Waals surface area contributed by atoms with Crippen molar-refractivity contribution >= 4 is 5.96 Å². The summed E-state index contributed by atoms with van der Waals surface area (Å²) in [4.78, 5) is 2.16. The van der Waals surface area contributed by atoms with Crippen molar-refractivity contribution in [3.05, 3.63) is 0 Å². The lowest BCUT2D eigenvalue weighted by Gasteiger charge is -2.45. The maximum absolute atomic E-state index is 5.69. The van der Waals surface area contributed by atoms with Crippen molar-refractivity contribution in [1.82, 2.24) is 4.90 Å². The van der Waals surface area contributed by atoms with E-state index < -0.39 is 0 Å². The number of nitrogens with two attached hydrogens (primary N) is 2. The molecule has 3 rings (SSSR count). The number of fused-ring (bicyclic) bond motifs is 3. The van der Waals surface area contributed by atoms with E-state index in [0.29, 0.717) is 12.0 Å². The number of piperidine rings is 2. The van der Waals surface area contributed by atoms with Crippen LogP contribution in [0.25, 0.3) is 0 Å². The normalized spacial score (nSPS) is 35.7. The van der Waals surface area contributed by atoms with Crippen LogP contribution in [0.3, 0.4) is 0 Å². The summed E-state index contributed by atoms with van der Waals surface area (Å²) in [5.41, 5.74) is 5.69. The Balaban J connectivity index is 2.08. The van der Waals surface area contributed by atoms with Crippen molar-refractivity contribution in [2.75, 3.05) is 6.54 Å². The van der Waals surface area contributed by atoms with Gasteiger partial charge in [-0.2, -0.15) is 0 Å². The summed E-state index contributed by atoms with van der Waals surface area (Å²) >= 11 is 0. The molecule has 0 aromatic rings. The third kappa shape index (κ3) is 1.11. The minimum atomic E-state index is 0.518. The molecule has 2 aliphatic heterocycles. The van der Waals surface area contributed by atoms with Crippen LogP contribution in [0, 0.1) is 5.92 Å². The first-order valence-corrected chi connectivity index (χ1v) is 4.61. The zero-order valence-electron chi connectivity index (χ0n) is 7.24. The molecule has 3 aliphatic rings. The highest BCUT2D eigenvalue weighted by Crippen LogP contribution is 2.34. The molecule has 1 aliphatic carbocycles. The van der Waals surface area contributed by atoms with E-state index in [9.17, 15) is 0 Å². The fraction of sp³-hybridized carbons (Fsp3) is 0.875. The Morgan fingerprint density at radius 3 is 2.33 bits per heavy atom. The van der Waals surface area contributed by atoms with Crippen LogP contribution < -0.4 is 11.6 Å². The second kappa shape index (κ2) is 2.84. The summed E-state index contributed by atoms with van der Waals surface area (Å²) in [7, 11) is 0. The highest BCUT2D eigenvalue weighted by molar-refractivity contribution is 5.78. The molecular weight excluding hydrogens is 152 g/mol. The summed E-state index contributed by atoms with van der Waals surface area (Å²) < 4.78 is 0. The van der Waals surface area contributed by atoms with Crippen molar-refractivity contribution in [2.45, 2.75) is 31.7 Å². The zero-order valence-corrected chi connectivity index (χ0v) is 7.24. The maximum Gasteiger partial charge on any atom is 0.213 e. The van der Waals surface area contributed by atoms with Crippen molar-refractivity contribution in [3.8, 4) is 0 Å². The fourth-order valence-electron chi connectivity index (χ4n) is 2.42. The molecule has 2 heterocycles. The van der Waals surface area contributed by atoms with Crippen LogP contribution in [0.5, 0.6) is 0 Å². The third-order valence-corrected chi connectivity index (χ3v) is 3.14. The second-order valence-electron chi connectivity index (χ2n) is 3.81. The molecule has 0 aromatic heterocycles. The van der Waals surface area contributed by atoms with Crippen LogP contribution in [-0.4, -0.2) is 23.4 Å². The van der Waals surface area contributed by atoms with Crippen molar-refractivity contribution < 1.29 is 0 Å². The molecule has 3 fully saturated rings. The van der Waals surface area contributed by atoms with Gasteiger partial charge in [-0.15, -0.1) is 5.10 Å². The number of guanidine groups is 1. The number of hydrazone groups is 1. The lowest BCUT2D eigenvalue weighted by Crippen LogP contribution is -2.53. The van der Waals surface area contributed by atoms with Crippen molar-refractivity contribution in [3.63, 3.8) is 0 Å². The first-order chi connectivity index (χ1) is 5.81. The van der Waals surface area contributed by atoms with Crippen LogP contribution in [0.2, 0.25) is 0 Å². The van der Waals surface area contributed by atoms with E-state index in [1.165, 1.54) is 25.7 Å². The van der Waals surface area contributed by atoms with E-state index >= 15 is 0 Å². The Bertz CT molecular complexity index is 193. The number of hydrogen-bond acceptors (Lipinski definition) is 2. The Morgan fingerprint density at radius 2 is 1.92 bits per heavy atom. The molecule has 1 saturated carbocycles. The number of rotatable bonds is 0. The highest BCUT2D eigenvalue weighted by Gasteiger charge is 2.34. The predicted molar refractivity (Wildman–Crippen MR) is 48.3 cm³/mol. The van der Waals surface area contributed by atoms with E-state index in [0.717, 1.165) is 12.5 Å². The number of nitrogens with zero attached hydrogens (tertiary/aromatic N) is 2. The van der Waals surface area contributed by atoms with Gasteiger partial charge >= 0.3 is 0 Å².